The van der Waals surface area contributed by atoms with E-state index < -0.39 is 107 Å². The minimum atomic E-state index is -5.78. The van der Waals surface area contributed by atoms with Gasteiger partial charge in [0.2, 0.25) is 17.4 Å². The normalized spacial score (nSPS) is 32.1. The van der Waals surface area contributed by atoms with E-state index in [2.05, 4.69) is 4.74 Å². The molecule has 1 aliphatic heterocycles. The Labute approximate surface area is 264 Å². The van der Waals surface area contributed by atoms with E-state index in [9.17, 15) is 44.0 Å². The van der Waals surface area contributed by atoms with Gasteiger partial charge in [-0.15, -0.1) is 0 Å². The highest BCUT2D eigenvalue weighted by atomic mass is 32.2. The molecule has 0 radical (unpaired) electrons. The molecule has 3 aromatic rings. The van der Waals surface area contributed by atoms with Gasteiger partial charge in [0.05, 0.1) is 11.8 Å². The second-order valence-electron chi connectivity index (χ2n) is 12.4. The Morgan fingerprint density at radius 3 is 1.91 bits per heavy atom. The smallest absolute Gasteiger partial charge is 0.316 e. The number of benzene rings is 3. The van der Waals surface area contributed by atoms with Crippen LogP contribution in [0.2, 0.25) is 0 Å². The molecule has 1 N–H and O–H groups in total. The van der Waals surface area contributed by atoms with Gasteiger partial charge in [-0.05, 0) is 35.1 Å². The summed E-state index contributed by atoms with van der Waals surface area (Å²) in [6, 6.07) is 15.5. The van der Waals surface area contributed by atoms with Crippen LogP contribution in [0.3, 0.4) is 0 Å². The Morgan fingerprint density at radius 1 is 0.809 bits per heavy atom. The quantitative estimate of drug-likeness (QED) is 0.104. The first-order chi connectivity index (χ1) is 22.2. The number of esters is 2. The number of hydrogen-bond acceptors (Lipinski definition) is 9. The summed E-state index contributed by atoms with van der Waals surface area (Å²) in [5.74, 6) is -19.1. The van der Waals surface area contributed by atoms with E-state index >= 15 is 0 Å². The summed E-state index contributed by atoms with van der Waals surface area (Å²) in [6.45, 7) is 0. The summed E-state index contributed by atoms with van der Waals surface area (Å²) in [5, 5.41) is -1.57. The zero-order valence-corrected chi connectivity index (χ0v) is 25.3. The highest BCUT2D eigenvalue weighted by molar-refractivity contribution is 7.87. The van der Waals surface area contributed by atoms with Gasteiger partial charge in [0.1, 0.15) is 17.5 Å². The maximum Gasteiger partial charge on any atom is 0.316 e. The van der Waals surface area contributed by atoms with Gasteiger partial charge in [-0.1, -0.05) is 48.5 Å². The molecule has 7 unspecified atom stereocenters. The van der Waals surface area contributed by atoms with E-state index in [4.69, 9.17) is 13.5 Å². The molecule has 0 amide bonds. The van der Waals surface area contributed by atoms with Crippen molar-refractivity contribution in [3.63, 3.8) is 0 Å². The van der Waals surface area contributed by atoms with Crippen LogP contribution < -0.4 is 4.74 Å². The summed E-state index contributed by atoms with van der Waals surface area (Å²) in [7, 11) is -10.3. The summed E-state index contributed by atoms with van der Waals surface area (Å²) in [4.78, 5) is 25.0. The van der Waals surface area contributed by atoms with Crippen LogP contribution in [0.4, 0.5) is 17.6 Å². The fourth-order valence-corrected chi connectivity index (χ4v) is 11.3. The van der Waals surface area contributed by atoms with Crippen LogP contribution in [0.1, 0.15) is 46.9 Å². The summed E-state index contributed by atoms with van der Waals surface area (Å²) in [5.41, 5.74) is 4.10. The van der Waals surface area contributed by atoms with Gasteiger partial charge in [-0.2, -0.15) is 25.6 Å². The molecule has 10 nitrogen and oxygen atoms in total. The maximum absolute atomic E-state index is 14.7. The van der Waals surface area contributed by atoms with Crippen molar-refractivity contribution in [1.82, 2.24) is 0 Å². The molecule has 1 saturated heterocycles. The Hall–Kier alpha value is -3.86. The van der Waals surface area contributed by atoms with Gasteiger partial charge in [-0.25, -0.2) is 8.78 Å². The lowest BCUT2D eigenvalue weighted by Crippen LogP contribution is -2.48. The topological polar surface area (TPSA) is 150 Å². The third-order valence-electron chi connectivity index (χ3n) is 10.3. The molecule has 0 aromatic heterocycles. The zero-order valence-electron chi connectivity index (χ0n) is 23.7. The molecule has 2 saturated carbocycles. The molecule has 4 bridgehead atoms. The Balaban J connectivity index is 1.10. The summed E-state index contributed by atoms with van der Waals surface area (Å²) in [6.07, 6.45) is -2.02. The van der Waals surface area contributed by atoms with Gasteiger partial charge in [0.15, 0.2) is 16.5 Å². The number of fused-ring (bicyclic) bond motifs is 2. The first-order valence-corrected chi connectivity index (χ1v) is 17.5. The second kappa shape index (κ2) is 10.1. The first kappa shape index (κ1) is 30.5. The van der Waals surface area contributed by atoms with Crippen molar-refractivity contribution < 1.29 is 62.2 Å². The zero-order chi connectivity index (χ0) is 33.3. The molecule has 1 heterocycles. The Kier molecular flexibility index (Phi) is 6.53. The van der Waals surface area contributed by atoms with Crippen molar-refractivity contribution in [3.8, 4) is 5.75 Å². The van der Waals surface area contributed by atoms with E-state index in [-0.39, 0.29) is 18.3 Å². The van der Waals surface area contributed by atoms with Gasteiger partial charge in [0.25, 0.3) is 10.1 Å². The molecule has 47 heavy (non-hydrogen) atoms. The van der Waals surface area contributed by atoms with Crippen molar-refractivity contribution in [2.75, 3.05) is 0 Å². The van der Waals surface area contributed by atoms with Crippen molar-refractivity contribution in [2.24, 2.45) is 23.7 Å². The lowest BCUT2D eigenvalue weighted by Gasteiger charge is -2.45. The van der Waals surface area contributed by atoms with Crippen LogP contribution in [0, 0.1) is 46.9 Å². The minimum Gasteiger partial charge on any atom is -0.459 e. The molecular formula is C31H22F4O10S2. The van der Waals surface area contributed by atoms with Gasteiger partial charge < -0.3 is 9.47 Å². The molecule has 6 aliphatic rings. The Bertz CT molecular complexity index is 2060. The third-order valence-corrected chi connectivity index (χ3v) is 13.0. The van der Waals surface area contributed by atoms with E-state index in [1.807, 2.05) is 48.5 Å². The monoisotopic (exact) mass is 694 g/mol. The van der Waals surface area contributed by atoms with Crippen LogP contribution >= 0.6 is 0 Å². The lowest BCUT2D eigenvalue weighted by molar-refractivity contribution is -0.166. The molecule has 0 spiro atoms. The predicted molar refractivity (Wildman–Crippen MR) is 149 cm³/mol. The average Bonchev–Trinajstić information content (AvgIpc) is 3.64. The summed E-state index contributed by atoms with van der Waals surface area (Å²) >= 11 is 0. The van der Waals surface area contributed by atoms with Crippen LogP contribution in [0.25, 0.3) is 0 Å². The highest BCUT2D eigenvalue weighted by Gasteiger charge is 2.72. The van der Waals surface area contributed by atoms with Crippen LogP contribution in [0.5, 0.6) is 5.75 Å². The third kappa shape index (κ3) is 4.20. The molecule has 7 atom stereocenters. The van der Waals surface area contributed by atoms with Gasteiger partial charge in [0, 0.05) is 23.7 Å². The lowest BCUT2D eigenvalue weighted by atomic mass is 9.59. The molecule has 9 rings (SSSR count). The van der Waals surface area contributed by atoms with Crippen molar-refractivity contribution in [1.29, 1.82) is 0 Å². The highest BCUT2D eigenvalue weighted by Crippen LogP contribution is 2.60. The van der Waals surface area contributed by atoms with Crippen molar-refractivity contribution in [3.05, 3.63) is 94.1 Å². The number of ether oxygens (including phenoxy) is 2. The Morgan fingerprint density at radius 2 is 1.36 bits per heavy atom. The molecule has 16 heteroatoms. The number of carbonyl (C=O) groups is 2. The number of hydrogen-bond donors (Lipinski definition) is 1. The van der Waals surface area contributed by atoms with E-state index in [0.717, 1.165) is 22.3 Å². The first-order valence-electron chi connectivity index (χ1n) is 14.6. The minimum absolute atomic E-state index is 0.00988. The standard InChI is InChI=1S/C31H22F4O10S2/c32-21-23(34)29(46(38,39)40)24(35)22(33)27(21)44-31(37)20-16-10-18-26(45-47(41,42)28(18)20)25(16)43-30(36)17-9-15-11-5-1-3-7-13(11)19(17)14-8-4-2-6-12(14)15/h1-8,15-20,25-26,28H,9-10H2,(H,38,39,40). The van der Waals surface area contributed by atoms with Crippen LogP contribution in [0.15, 0.2) is 53.4 Å². The maximum atomic E-state index is 14.7. The van der Waals surface area contributed by atoms with E-state index in [0.29, 0.717) is 6.42 Å². The van der Waals surface area contributed by atoms with Crippen LogP contribution in [-0.4, -0.2) is 50.8 Å². The molecular weight excluding hydrogens is 672 g/mol. The van der Waals surface area contributed by atoms with Crippen molar-refractivity contribution >= 4 is 32.2 Å². The molecule has 3 fully saturated rings. The number of rotatable bonds is 5. The second-order valence-corrected chi connectivity index (χ2v) is 15.5. The SMILES string of the molecule is O=C(OC1C2CC3C1OS(=O)(=O)C3C2C(=O)Oc1c(F)c(F)c(S(=O)(=O)O)c(F)c1F)C1CC2c3ccccc3C1c1ccccc12. The molecule has 3 aromatic carbocycles. The largest absolute Gasteiger partial charge is 0.459 e. The van der Waals surface area contributed by atoms with E-state index in [1.165, 1.54) is 0 Å². The fraction of sp³-hybridized carbons (Fsp3) is 0.355. The van der Waals surface area contributed by atoms with Gasteiger partial charge in [-0.3, -0.25) is 18.3 Å². The van der Waals surface area contributed by atoms with Crippen LogP contribution in [-0.2, 0) is 38.7 Å². The summed E-state index contributed by atoms with van der Waals surface area (Å²) < 4.78 is 132. The molecule has 246 valence electrons. The average molecular weight is 695 g/mol. The predicted octanol–water partition coefficient (Wildman–Crippen LogP) is 3.97. The number of carbonyl (C=O) groups excluding carboxylic acids is 2. The number of halogens is 4. The van der Waals surface area contributed by atoms with E-state index in [1.54, 1.807) is 0 Å². The van der Waals surface area contributed by atoms with Gasteiger partial charge >= 0.3 is 22.1 Å². The fourth-order valence-electron chi connectivity index (χ4n) is 8.62. The van der Waals surface area contributed by atoms with Crippen molar-refractivity contribution in [2.45, 2.75) is 47.0 Å². The molecule has 5 aliphatic carbocycles.